The number of benzene rings is 1. The zero-order valence-electron chi connectivity index (χ0n) is 10.1. The molecule has 0 saturated heterocycles. The third-order valence-corrected chi connectivity index (χ3v) is 2.94. The Labute approximate surface area is 98.1 Å². The first-order chi connectivity index (χ1) is 7.75. The van der Waals surface area contributed by atoms with Gasteiger partial charge in [0.15, 0.2) is 0 Å². The first kappa shape index (κ1) is 11.4. The number of ether oxygens (including phenoxy) is 1. The van der Waals surface area contributed by atoms with E-state index in [-0.39, 0.29) is 0 Å². The molecule has 1 nitrogen and oxygen atoms in total. The maximum atomic E-state index is 5.76. The molecule has 0 aliphatic carbocycles. The van der Waals surface area contributed by atoms with Gasteiger partial charge in [0.05, 0.1) is 12.7 Å². The second kappa shape index (κ2) is 5.31. The summed E-state index contributed by atoms with van der Waals surface area (Å²) in [5.41, 5.74) is 2.79. The van der Waals surface area contributed by atoms with E-state index in [1.54, 1.807) is 0 Å². The Kier molecular flexibility index (Phi) is 3.79. The lowest BCUT2D eigenvalue weighted by Crippen LogP contribution is -2.18. The van der Waals surface area contributed by atoms with Crippen LogP contribution in [0.15, 0.2) is 36.4 Å². The van der Waals surface area contributed by atoms with E-state index in [9.17, 15) is 0 Å². The third kappa shape index (κ3) is 2.96. The molecule has 1 heteroatoms. The van der Waals surface area contributed by atoms with Crippen LogP contribution in [0.1, 0.15) is 32.3 Å². The van der Waals surface area contributed by atoms with E-state index in [0.29, 0.717) is 12.0 Å². The fourth-order valence-corrected chi connectivity index (χ4v) is 2.17. The Bertz CT molecular complexity index is 351. The van der Waals surface area contributed by atoms with Crippen LogP contribution in [0.3, 0.4) is 0 Å². The SMILES string of the molecule is CC(C)CC1C=C(c2ccccc2)CCO1. The molecule has 86 valence electrons. The maximum absolute atomic E-state index is 5.76. The molecule has 0 spiro atoms. The van der Waals surface area contributed by atoms with Gasteiger partial charge in [-0.15, -0.1) is 0 Å². The molecular weight excluding hydrogens is 196 g/mol. The Morgan fingerprint density at radius 1 is 1.25 bits per heavy atom. The third-order valence-electron chi connectivity index (χ3n) is 2.94. The summed E-state index contributed by atoms with van der Waals surface area (Å²) in [7, 11) is 0. The summed E-state index contributed by atoms with van der Waals surface area (Å²) in [6, 6.07) is 10.6. The minimum atomic E-state index is 0.309. The van der Waals surface area contributed by atoms with Gasteiger partial charge in [0.25, 0.3) is 0 Å². The summed E-state index contributed by atoms with van der Waals surface area (Å²) < 4.78 is 5.76. The summed E-state index contributed by atoms with van der Waals surface area (Å²) in [4.78, 5) is 0. The fraction of sp³-hybridized carbons (Fsp3) is 0.467. The molecule has 0 N–H and O–H groups in total. The standard InChI is InChI=1S/C15H20O/c1-12(2)10-15-11-14(8-9-16-15)13-6-4-3-5-7-13/h3-7,11-12,15H,8-10H2,1-2H3. The Morgan fingerprint density at radius 2 is 2.00 bits per heavy atom. The summed E-state index contributed by atoms with van der Waals surface area (Å²) in [5.74, 6) is 0.691. The Morgan fingerprint density at radius 3 is 2.69 bits per heavy atom. The highest BCUT2D eigenvalue weighted by Gasteiger charge is 2.15. The normalized spacial score (nSPS) is 20.9. The van der Waals surface area contributed by atoms with Crippen LogP contribution in [0.5, 0.6) is 0 Å². The number of rotatable bonds is 3. The average molecular weight is 216 g/mol. The maximum Gasteiger partial charge on any atom is 0.0764 e. The lowest BCUT2D eigenvalue weighted by atomic mass is 9.96. The molecule has 1 aliphatic rings. The molecule has 0 amide bonds. The van der Waals surface area contributed by atoms with Crippen LogP contribution in [-0.2, 0) is 4.74 Å². The number of hydrogen-bond acceptors (Lipinski definition) is 1. The Hall–Kier alpha value is -1.08. The van der Waals surface area contributed by atoms with Gasteiger partial charge < -0.3 is 4.74 Å². The van der Waals surface area contributed by atoms with Crippen molar-refractivity contribution in [1.29, 1.82) is 0 Å². The van der Waals surface area contributed by atoms with Crippen LogP contribution >= 0.6 is 0 Å². The van der Waals surface area contributed by atoms with Crippen molar-refractivity contribution in [2.75, 3.05) is 6.61 Å². The summed E-state index contributed by atoms with van der Waals surface area (Å²) in [6.07, 6.45) is 4.78. The van der Waals surface area contributed by atoms with Crippen molar-refractivity contribution in [3.05, 3.63) is 42.0 Å². The topological polar surface area (TPSA) is 9.23 Å². The molecule has 1 aliphatic heterocycles. The van der Waals surface area contributed by atoms with Gasteiger partial charge in [-0.2, -0.15) is 0 Å². The van der Waals surface area contributed by atoms with Gasteiger partial charge in [-0.05, 0) is 29.9 Å². The van der Waals surface area contributed by atoms with E-state index in [1.165, 1.54) is 11.1 Å². The van der Waals surface area contributed by atoms with Crippen molar-refractivity contribution in [3.8, 4) is 0 Å². The van der Waals surface area contributed by atoms with Gasteiger partial charge in [-0.1, -0.05) is 50.3 Å². The molecule has 16 heavy (non-hydrogen) atoms. The number of hydrogen-bond donors (Lipinski definition) is 0. The van der Waals surface area contributed by atoms with Crippen molar-refractivity contribution in [3.63, 3.8) is 0 Å². The predicted molar refractivity (Wildman–Crippen MR) is 68.2 cm³/mol. The van der Waals surface area contributed by atoms with E-state index in [1.807, 2.05) is 0 Å². The van der Waals surface area contributed by atoms with Crippen molar-refractivity contribution < 1.29 is 4.74 Å². The smallest absolute Gasteiger partial charge is 0.0764 e. The second-order valence-electron chi connectivity index (χ2n) is 4.85. The fourth-order valence-electron chi connectivity index (χ4n) is 2.17. The highest BCUT2D eigenvalue weighted by atomic mass is 16.5. The minimum Gasteiger partial charge on any atom is -0.374 e. The highest BCUT2D eigenvalue weighted by molar-refractivity contribution is 5.66. The first-order valence-corrected chi connectivity index (χ1v) is 6.13. The lowest BCUT2D eigenvalue weighted by molar-refractivity contribution is 0.0685. The molecule has 0 saturated carbocycles. The van der Waals surface area contributed by atoms with Gasteiger partial charge in [-0.3, -0.25) is 0 Å². The van der Waals surface area contributed by atoms with Crippen molar-refractivity contribution in [2.24, 2.45) is 5.92 Å². The van der Waals surface area contributed by atoms with Gasteiger partial charge in [0, 0.05) is 0 Å². The van der Waals surface area contributed by atoms with Crippen molar-refractivity contribution in [2.45, 2.75) is 32.8 Å². The molecule has 0 aromatic heterocycles. The highest BCUT2D eigenvalue weighted by Crippen LogP contribution is 2.25. The monoisotopic (exact) mass is 216 g/mol. The molecule has 2 rings (SSSR count). The summed E-state index contributed by atoms with van der Waals surface area (Å²) in [6.45, 7) is 5.35. The van der Waals surface area contributed by atoms with E-state index in [2.05, 4.69) is 50.3 Å². The molecule has 1 aromatic carbocycles. The molecule has 1 heterocycles. The van der Waals surface area contributed by atoms with E-state index < -0.39 is 0 Å². The molecule has 0 bridgehead atoms. The summed E-state index contributed by atoms with van der Waals surface area (Å²) in [5, 5.41) is 0. The van der Waals surface area contributed by atoms with E-state index >= 15 is 0 Å². The van der Waals surface area contributed by atoms with Gasteiger partial charge in [0.2, 0.25) is 0 Å². The molecule has 1 unspecified atom stereocenters. The predicted octanol–water partition coefficient (Wildman–Crippen LogP) is 3.91. The van der Waals surface area contributed by atoms with Crippen LogP contribution in [0.4, 0.5) is 0 Å². The van der Waals surface area contributed by atoms with Crippen molar-refractivity contribution >= 4 is 5.57 Å². The van der Waals surface area contributed by atoms with Gasteiger partial charge in [-0.25, -0.2) is 0 Å². The zero-order valence-corrected chi connectivity index (χ0v) is 10.1. The minimum absolute atomic E-state index is 0.309. The lowest BCUT2D eigenvalue weighted by Gasteiger charge is -2.23. The molecule has 1 atom stereocenters. The molecule has 1 aromatic rings. The van der Waals surface area contributed by atoms with Gasteiger partial charge in [0.1, 0.15) is 0 Å². The van der Waals surface area contributed by atoms with Crippen LogP contribution in [0.25, 0.3) is 5.57 Å². The van der Waals surface area contributed by atoms with Crippen LogP contribution in [0.2, 0.25) is 0 Å². The average Bonchev–Trinajstić information content (AvgIpc) is 2.30. The summed E-state index contributed by atoms with van der Waals surface area (Å²) >= 11 is 0. The second-order valence-corrected chi connectivity index (χ2v) is 4.85. The van der Waals surface area contributed by atoms with Crippen LogP contribution in [-0.4, -0.2) is 12.7 Å². The van der Waals surface area contributed by atoms with E-state index in [0.717, 1.165) is 19.4 Å². The first-order valence-electron chi connectivity index (χ1n) is 6.13. The van der Waals surface area contributed by atoms with E-state index in [4.69, 9.17) is 4.74 Å². The zero-order chi connectivity index (χ0) is 11.4. The largest absolute Gasteiger partial charge is 0.374 e. The molecule has 0 fully saturated rings. The van der Waals surface area contributed by atoms with Crippen LogP contribution < -0.4 is 0 Å². The molecular formula is C15H20O. The molecule has 0 radical (unpaired) electrons. The quantitative estimate of drug-likeness (QED) is 0.744. The van der Waals surface area contributed by atoms with Crippen molar-refractivity contribution in [1.82, 2.24) is 0 Å². The van der Waals surface area contributed by atoms with Crippen LogP contribution in [0, 0.1) is 5.92 Å². The Balaban J connectivity index is 2.12. The van der Waals surface area contributed by atoms with Gasteiger partial charge >= 0.3 is 0 Å².